The molecule has 1 N–H and O–H groups in total. The summed E-state index contributed by atoms with van der Waals surface area (Å²) in [4.78, 5) is 15.0. The van der Waals surface area contributed by atoms with Gasteiger partial charge in [-0.2, -0.15) is 5.26 Å². The maximum absolute atomic E-state index is 11.2. The van der Waals surface area contributed by atoms with Crippen molar-refractivity contribution in [1.29, 1.82) is 5.26 Å². The summed E-state index contributed by atoms with van der Waals surface area (Å²) in [6.07, 6.45) is 2.43. The summed E-state index contributed by atoms with van der Waals surface area (Å²) in [5.41, 5.74) is 3.04. The average Bonchev–Trinajstić information content (AvgIpc) is 3.22. The van der Waals surface area contributed by atoms with Crippen LogP contribution in [-0.4, -0.2) is 22.1 Å². The highest BCUT2D eigenvalue weighted by atomic mass is 32.1. The molecule has 0 aliphatic heterocycles. The first-order valence-corrected chi connectivity index (χ1v) is 9.57. The highest BCUT2D eigenvalue weighted by Gasteiger charge is 2.20. The minimum Gasteiger partial charge on any atom is -0.500 e. The van der Waals surface area contributed by atoms with Crippen LogP contribution >= 0.6 is 11.3 Å². The third-order valence-electron chi connectivity index (χ3n) is 4.32. The number of allylic oxidation sites excluding steroid dienone is 1. The Labute approximate surface area is 171 Å². The van der Waals surface area contributed by atoms with Gasteiger partial charge < -0.3 is 9.84 Å². The topological polar surface area (TPSA) is 109 Å². The molecule has 0 fully saturated rings. The van der Waals surface area contributed by atoms with E-state index in [1.54, 1.807) is 0 Å². The molecule has 0 unspecified atom stereocenters. The Kier molecular flexibility index (Phi) is 5.90. The highest BCUT2D eigenvalue weighted by molar-refractivity contribution is 7.11. The van der Waals surface area contributed by atoms with E-state index in [0.29, 0.717) is 10.6 Å². The quantitative estimate of drug-likeness (QED) is 0.347. The van der Waals surface area contributed by atoms with Crippen molar-refractivity contribution in [3.63, 3.8) is 0 Å². The van der Waals surface area contributed by atoms with Crippen LogP contribution in [-0.2, 0) is 6.42 Å². The van der Waals surface area contributed by atoms with E-state index in [9.17, 15) is 20.5 Å². The molecule has 0 bridgehead atoms. The number of nitro benzene ring substituents is 1. The van der Waals surface area contributed by atoms with Gasteiger partial charge in [-0.15, -0.1) is 11.3 Å². The molecule has 0 saturated heterocycles. The summed E-state index contributed by atoms with van der Waals surface area (Å²) in [5.74, 6) is -0.598. The molecule has 29 heavy (non-hydrogen) atoms. The van der Waals surface area contributed by atoms with Gasteiger partial charge in [0.25, 0.3) is 0 Å². The van der Waals surface area contributed by atoms with Crippen LogP contribution in [0.5, 0.6) is 11.5 Å². The number of aromatic nitrogens is 1. The number of rotatable bonds is 6. The number of phenols is 1. The minimum atomic E-state index is -0.706. The van der Waals surface area contributed by atoms with Crippen LogP contribution in [0, 0.1) is 21.4 Å². The molecule has 8 heteroatoms. The number of benzene rings is 2. The number of ether oxygens (including phenoxy) is 1. The normalized spacial score (nSPS) is 11.1. The van der Waals surface area contributed by atoms with Gasteiger partial charge in [0, 0.05) is 17.0 Å². The van der Waals surface area contributed by atoms with Gasteiger partial charge in [0.15, 0.2) is 5.75 Å². The van der Waals surface area contributed by atoms with E-state index in [4.69, 9.17) is 4.74 Å². The molecular formula is C21H17N3O4S. The summed E-state index contributed by atoms with van der Waals surface area (Å²) in [6, 6.07) is 12.8. The number of nitrogens with zero attached hydrogens (tertiary/aromatic N) is 3. The monoisotopic (exact) mass is 407 g/mol. The fraction of sp³-hybridized carbons (Fsp3) is 0.143. The van der Waals surface area contributed by atoms with Gasteiger partial charge in [0.05, 0.1) is 23.3 Å². The summed E-state index contributed by atoms with van der Waals surface area (Å²) < 4.78 is 5.00. The van der Waals surface area contributed by atoms with Gasteiger partial charge in [-0.1, -0.05) is 31.2 Å². The zero-order valence-corrected chi connectivity index (χ0v) is 16.6. The first-order chi connectivity index (χ1) is 14.0. The summed E-state index contributed by atoms with van der Waals surface area (Å²) in [7, 11) is 1.30. The van der Waals surface area contributed by atoms with Gasteiger partial charge in [-0.05, 0) is 29.7 Å². The zero-order chi connectivity index (χ0) is 21.0. The smallest absolute Gasteiger partial charge is 0.315 e. The Morgan fingerprint density at radius 3 is 2.69 bits per heavy atom. The van der Waals surface area contributed by atoms with Crippen molar-refractivity contribution in [3.8, 4) is 28.8 Å². The zero-order valence-electron chi connectivity index (χ0n) is 15.7. The summed E-state index contributed by atoms with van der Waals surface area (Å²) in [5, 5.41) is 33.0. The van der Waals surface area contributed by atoms with E-state index >= 15 is 0 Å². The lowest BCUT2D eigenvalue weighted by Crippen LogP contribution is -1.93. The molecule has 0 amide bonds. The van der Waals surface area contributed by atoms with Gasteiger partial charge in [0.1, 0.15) is 11.1 Å². The molecule has 0 aliphatic carbocycles. The number of phenolic OH excluding ortho intramolecular Hbond substituents is 1. The minimum absolute atomic E-state index is 0.0430. The SMILES string of the molecule is CCc1ccc(-c2csc(C(C#N)=Cc3cc(OC)c(O)c([N+](=O)[O-])c3)n2)cc1. The lowest BCUT2D eigenvalue weighted by atomic mass is 10.1. The number of hydrogen-bond acceptors (Lipinski definition) is 7. The van der Waals surface area contributed by atoms with Crippen LogP contribution in [0.3, 0.4) is 0 Å². The van der Waals surface area contributed by atoms with Crippen LogP contribution in [0.25, 0.3) is 22.9 Å². The molecule has 3 aromatic rings. The first-order valence-electron chi connectivity index (χ1n) is 8.69. The third-order valence-corrected chi connectivity index (χ3v) is 5.19. The average molecular weight is 407 g/mol. The van der Waals surface area contributed by atoms with Gasteiger partial charge in [-0.25, -0.2) is 4.98 Å². The van der Waals surface area contributed by atoms with Crippen molar-refractivity contribution in [2.45, 2.75) is 13.3 Å². The molecule has 2 aromatic carbocycles. The maximum atomic E-state index is 11.2. The van der Waals surface area contributed by atoms with Gasteiger partial charge >= 0.3 is 5.69 Å². The molecule has 3 rings (SSSR count). The molecule has 1 aromatic heterocycles. The number of nitro groups is 1. The van der Waals surface area contributed by atoms with Crippen LogP contribution in [0.4, 0.5) is 5.69 Å². The summed E-state index contributed by atoms with van der Waals surface area (Å²) in [6.45, 7) is 2.09. The van der Waals surface area contributed by atoms with E-state index in [1.807, 2.05) is 29.6 Å². The second kappa shape index (κ2) is 8.54. The Balaban J connectivity index is 1.99. The van der Waals surface area contributed by atoms with Crippen molar-refractivity contribution in [1.82, 2.24) is 4.98 Å². The number of methoxy groups -OCH3 is 1. The number of aryl methyl sites for hydroxylation is 1. The standard InChI is InChI=1S/C21H17N3O4S/c1-3-13-4-6-15(7-5-13)17-12-29-21(23-17)16(11-22)8-14-9-18(24(26)27)20(25)19(10-14)28-2/h4-10,12,25H,3H2,1-2H3. The maximum Gasteiger partial charge on any atom is 0.315 e. The molecule has 0 radical (unpaired) electrons. The van der Waals surface area contributed by atoms with E-state index in [0.717, 1.165) is 17.7 Å². The van der Waals surface area contributed by atoms with E-state index in [1.165, 1.54) is 42.2 Å². The second-order valence-electron chi connectivity index (χ2n) is 6.11. The van der Waals surface area contributed by atoms with Gasteiger partial charge in [-0.3, -0.25) is 10.1 Å². The van der Waals surface area contributed by atoms with Crippen molar-refractivity contribution in [3.05, 3.63) is 68.0 Å². The lowest BCUT2D eigenvalue weighted by molar-refractivity contribution is -0.386. The Morgan fingerprint density at radius 2 is 2.10 bits per heavy atom. The number of thiazole rings is 1. The molecule has 146 valence electrons. The van der Waals surface area contributed by atoms with E-state index in [-0.39, 0.29) is 11.3 Å². The third kappa shape index (κ3) is 4.25. The Hall–Kier alpha value is -3.70. The van der Waals surface area contributed by atoms with Crippen molar-refractivity contribution < 1.29 is 14.8 Å². The van der Waals surface area contributed by atoms with Crippen LogP contribution < -0.4 is 4.74 Å². The Morgan fingerprint density at radius 1 is 1.38 bits per heavy atom. The fourth-order valence-corrected chi connectivity index (χ4v) is 3.54. The van der Waals surface area contributed by atoms with Crippen LogP contribution in [0.2, 0.25) is 0 Å². The molecule has 7 nitrogen and oxygen atoms in total. The first kappa shape index (κ1) is 20.0. The molecule has 0 saturated carbocycles. The molecule has 0 spiro atoms. The lowest BCUT2D eigenvalue weighted by Gasteiger charge is -2.05. The fourth-order valence-electron chi connectivity index (χ4n) is 2.74. The molecule has 0 aliphatic rings. The number of hydrogen-bond donors (Lipinski definition) is 1. The predicted molar refractivity (Wildman–Crippen MR) is 112 cm³/mol. The number of nitriles is 1. The molecule has 1 heterocycles. The Bertz CT molecular complexity index is 1130. The number of aromatic hydroxyl groups is 1. The largest absolute Gasteiger partial charge is 0.500 e. The molecule has 0 atom stereocenters. The second-order valence-corrected chi connectivity index (χ2v) is 6.96. The summed E-state index contributed by atoms with van der Waals surface area (Å²) >= 11 is 1.31. The molecular weight excluding hydrogens is 390 g/mol. The van der Waals surface area contributed by atoms with E-state index in [2.05, 4.69) is 18.0 Å². The van der Waals surface area contributed by atoms with Crippen LogP contribution in [0.15, 0.2) is 41.8 Å². The predicted octanol–water partition coefficient (Wildman–Crippen LogP) is 5.06. The van der Waals surface area contributed by atoms with Crippen molar-refractivity contribution in [2.75, 3.05) is 7.11 Å². The van der Waals surface area contributed by atoms with Crippen LogP contribution in [0.1, 0.15) is 23.1 Å². The van der Waals surface area contributed by atoms with Crippen molar-refractivity contribution in [2.24, 2.45) is 0 Å². The van der Waals surface area contributed by atoms with Gasteiger partial charge in [0.2, 0.25) is 5.75 Å². The highest BCUT2D eigenvalue weighted by Crippen LogP contribution is 2.38. The van der Waals surface area contributed by atoms with E-state index < -0.39 is 16.4 Å². The van der Waals surface area contributed by atoms with Crippen molar-refractivity contribution >= 4 is 28.7 Å².